The van der Waals surface area contributed by atoms with Gasteiger partial charge >= 0.3 is 0 Å². The molecular weight excluding hydrogens is 429 g/mol. The Balaban J connectivity index is 0.00000312. The molecule has 0 radical (unpaired) electrons. The van der Waals surface area contributed by atoms with Crippen molar-refractivity contribution in [2.24, 2.45) is 4.99 Å². The lowest BCUT2D eigenvalue weighted by Gasteiger charge is -2.35. The van der Waals surface area contributed by atoms with Gasteiger partial charge in [-0.2, -0.15) is 0 Å². The maximum atomic E-state index is 5.20. The van der Waals surface area contributed by atoms with Crippen LogP contribution in [0.4, 0.5) is 0 Å². The molecule has 1 aromatic rings. The molecule has 1 fully saturated rings. The molecule has 0 aliphatic carbocycles. The van der Waals surface area contributed by atoms with Crippen LogP contribution in [-0.2, 0) is 6.42 Å². The molecule has 1 aliphatic heterocycles. The van der Waals surface area contributed by atoms with Gasteiger partial charge in [0.05, 0.1) is 5.69 Å². The first kappa shape index (κ1) is 22.2. The number of halogens is 1. The summed E-state index contributed by atoms with van der Waals surface area (Å²) >= 11 is 0. The van der Waals surface area contributed by atoms with Crippen LogP contribution in [-0.4, -0.2) is 55.3 Å². The summed E-state index contributed by atoms with van der Waals surface area (Å²) in [7, 11) is 1.82. The van der Waals surface area contributed by atoms with Gasteiger partial charge in [-0.15, -0.1) is 24.0 Å². The molecule has 2 N–H and O–H groups in total. The summed E-state index contributed by atoms with van der Waals surface area (Å²) in [6.07, 6.45) is 6.21. The zero-order valence-corrected chi connectivity index (χ0v) is 18.4. The minimum Gasteiger partial charge on any atom is -0.361 e. The Morgan fingerprint density at radius 3 is 2.68 bits per heavy atom. The normalized spacial score (nSPS) is 18.7. The third-order valence-corrected chi connectivity index (χ3v) is 4.98. The Hall–Kier alpha value is -0.830. The van der Waals surface area contributed by atoms with Gasteiger partial charge in [0.15, 0.2) is 5.96 Å². The van der Waals surface area contributed by atoms with Crippen LogP contribution in [0.1, 0.15) is 49.6 Å². The Morgan fingerprint density at radius 2 is 2.04 bits per heavy atom. The fourth-order valence-corrected chi connectivity index (χ4v) is 3.52. The van der Waals surface area contributed by atoms with Crippen molar-refractivity contribution in [3.8, 4) is 0 Å². The number of rotatable bonds is 7. The van der Waals surface area contributed by atoms with Crippen molar-refractivity contribution in [1.29, 1.82) is 0 Å². The van der Waals surface area contributed by atoms with Crippen molar-refractivity contribution in [2.45, 2.75) is 58.9 Å². The molecule has 6 nitrogen and oxygen atoms in total. The fourth-order valence-electron chi connectivity index (χ4n) is 3.52. The molecule has 144 valence electrons. The van der Waals surface area contributed by atoms with Crippen molar-refractivity contribution in [1.82, 2.24) is 20.7 Å². The van der Waals surface area contributed by atoms with E-state index < -0.39 is 0 Å². The number of aryl methyl sites for hydroxylation is 2. The average molecular weight is 463 g/mol. The van der Waals surface area contributed by atoms with E-state index in [4.69, 9.17) is 4.52 Å². The van der Waals surface area contributed by atoms with Crippen LogP contribution in [0.15, 0.2) is 9.52 Å². The lowest BCUT2D eigenvalue weighted by atomic mass is 10.0. The molecule has 0 spiro atoms. The first-order valence-corrected chi connectivity index (χ1v) is 9.26. The zero-order valence-electron chi connectivity index (χ0n) is 16.1. The summed E-state index contributed by atoms with van der Waals surface area (Å²) in [5.41, 5.74) is 2.17. The molecule has 25 heavy (non-hydrogen) atoms. The highest BCUT2D eigenvalue weighted by Gasteiger charge is 2.19. The van der Waals surface area contributed by atoms with Gasteiger partial charge in [0.2, 0.25) is 0 Å². The Morgan fingerprint density at radius 1 is 1.28 bits per heavy atom. The number of hydrogen-bond donors (Lipinski definition) is 2. The second-order valence-electron chi connectivity index (χ2n) is 6.57. The van der Waals surface area contributed by atoms with Gasteiger partial charge in [0.1, 0.15) is 5.76 Å². The number of hydrogen-bond acceptors (Lipinski definition) is 4. The quantitative estimate of drug-likeness (QED) is 0.370. The van der Waals surface area contributed by atoms with Crippen LogP contribution in [0.3, 0.4) is 0 Å². The lowest BCUT2D eigenvalue weighted by Crippen LogP contribution is -2.46. The molecular formula is C18H34IN5O. The number of piperidine rings is 1. The second-order valence-corrected chi connectivity index (χ2v) is 6.57. The van der Waals surface area contributed by atoms with E-state index in [2.05, 4.69) is 32.6 Å². The largest absolute Gasteiger partial charge is 0.361 e. The van der Waals surface area contributed by atoms with Gasteiger partial charge in [0, 0.05) is 38.3 Å². The summed E-state index contributed by atoms with van der Waals surface area (Å²) in [4.78, 5) is 6.93. The van der Waals surface area contributed by atoms with E-state index in [1.54, 1.807) is 0 Å². The molecule has 0 amide bonds. The maximum Gasteiger partial charge on any atom is 0.191 e. The molecule has 0 saturated carbocycles. The van der Waals surface area contributed by atoms with Gasteiger partial charge in [0.25, 0.3) is 0 Å². The minimum absolute atomic E-state index is 0. The number of likely N-dealkylation sites (tertiary alicyclic amines) is 1. The van der Waals surface area contributed by atoms with Crippen molar-refractivity contribution in [2.75, 3.05) is 33.2 Å². The number of aromatic nitrogens is 1. The van der Waals surface area contributed by atoms with Gasteiger partial charge in [-0.3, -0.25) is 9.89 Å². The summed E-state index contributed by atoms with van der Waals surface area (Å²) in [6, 6.07) is 0.759. The number of nitrogens with zero attached hydrogens (tertiary/aromatic N) is 3. The predicted molar refractivity (Wildman–Crippen MR) is 114 cm³/mol. The number of aliphatic imine (C=N–C) groups is 1. The second kappa shape index (κ2) is 11.7. The highest BCUT2D eigenvalue weighted by atomic mass is 127. The molecule has 1 atom stereocenters. The van der Waals surface area contributed by atoms with E-state index in [1.165, 1.54) is 37.8 Å². The van der Waals surface area contributed by atoms with Crippen LogP contribution < -0.4 is 10.6 Å². The molecule has 0 aromatic carbocycles. The summed E-state index contributed by atoms with van der Waals surface area (Å²) in [5.74, 6) is 1.78. The van der Waals surface area contributed by atoms with E-state index in [1.807, 2.05) is 20.9 Å². The molecule has 1 unspecified atom stereocenters. The standard InChI is InChI=1S/C18H33N5O.HI/c1-5-16-8-6-7-12-23(16)13-11-21-18(19-4)20-10-9-17-14(2)22-24-15(17)3;/h16H,5-13H2,1-4H3,(H2,19,20,21);1H. The van der Waals surface area contributed by atoms with E-state index in [-0.39, 0.29) is 24.0 Å². The molecule has 1 saturated heterocycles. The van der Waals surface area contributed by atoms with Crippen LogP contribution in [0, 0.1) is 13.8 Å². The number of nitrogens with one attached hydrogen (secondary N) is 2. The number of guanidine groups is 1. The SMILES string of the molecule is CCC1CCCCN1CCNC(=NC)NCCc1c(C)noc1C.I. The lowest BCUT2D eigenvalue weighted by molar-refractivity contribution is 0.147. The summed E-state index contributed by atoms with van der Waals surface area (Å²) in [5, 5.41) is 10.8. The van der Waals surface area contributed by atoms with Gasteiger partial charge in [-0.05, 0) is 46.1 Å². The summed E-state index contributed by atoms with van der Waals surface area (Å²) in [6.45, 7) is 10.3. The van der Waals surface area contributed by atoms with Crippen molar-refractivity contribution >= 4 is 29.9 Å². The van der Waals surface area contributed by atoms with Crippen LogP contribution >= 0.6 is 24.0 Å². The molecule has 1 aromatic heterocycles. The first-order chi connectivity index (χ1) is 11.7. The van der Waals surface area contributed by atoms with Crippen molar-refractivity contribution in [3.05, 3.63) is 17.0 Å². The highest BCUT2D eigenvalue weighted by Crippen LogP contribution is 2.18. The molecule has 2 rings (SSSR count). The van der Waals surface area contributed by atoms with E-state index >= 15 is 0 Å². The molecule has 0 bridgehead atoms. The van der Waals surface area contributed by atoms with Crippen molar-refractivity contribution in [3.63, 3.8) is 0 Å². The Kier molecular flexibility index (Phi) is 10.4. The van der Waals surface area contributed by atoms with Crippen LogP contribution in [0.5, 0.6) is 0 Å². The first-order valence-electron chi connectivity index (χ1n) is 9.26. The zero-order chi connectivity index (χ0) is 17.4. The molecule has 2 heterocycles. The van der Waals surface area contributed by atoms with Crippen LogP contribution in [0.2, 0.25) is 0 Å². The topological polar surface area (TPSA) is 65.7 Å². The predicted octanol–water partition coefficient (Wildman–Crippen LogP) is 2.88. The minimum atomic E-state index is 0. The average Bonchev–Trinajstić information content (AvgIpc) is 2.92. The highest BCUT2D eigenvalue weighted by molar-refractivity contribution is 14.0. The van der Waals surface area contributed by atoms with Crippen molar-refractivity contribution < 1.29 is 4.52 Å². The molecule has 7 heteroatoms. The van der Waals surface area contributed by atoms with E-state index in [9.17, 15) is 0 Å². The monoisotopic (exact) mass is 463 g/mol. The van der Waals surface area contributed by atoms with Gasteiger partial charge in [-0.25, -0.2) is 0 Å². The van der Waals surface area contributed by atoms with Crippen LogP contribution in [0.25, 0.3) is 0 Å². The van der Waals surface area contributed by atoms with Gasteiger partial charge < -0.3 is 15.2 Å². The van der Waals surface area contributed by atoms with E-state index in [0.29, 0.717) is 0 Å². The summed E-state index contributed by atoms with van der Waals surface area (Å²) < 4.78 is 5.20. The molecule has 1 aliphatic rings. The Bertz CT molecular complexity index is 512. The van der Waals surface area contributed by atoms with E-state index in [0.717, 1.165) is 49.5 Å². The Labute approximate surface area is 169 Å². The fraction of sp³-hybridized carbons (Fsp3) is 0.778. The third kappa shape index (κ3) is 6.77. The van der Waals surface area contributed by atoms with Gasteiger partial charge in [-0.1, -0.05) is 18.5 Å². The third-order valence-electron chi connectivity index (χ3n) is 4.98. The smallest absolute Gasteiger partial charge is 0.191 e. The maximum absolute atomic E-state index is 5.20.